The second-order valence-electron chi connectivity index (χ2n) is 4.48. The number of hydrogen-bond donors (Lipinski definition) is 1. The molecule has 6 nitrogen and oxygen atoms in total. The topological polar surface area (TPSA) is 70.5 Å². The van der Waals surface area contributed by atoms with Gasteiger partial charge >= 0.3 is 5.69 Å². The van der Waals surface area contributed by atoms with Crippen molar-refractivity contribution in [3.8, 4) is 0 Å². The van der Waals surface area contributed by atoms with Gasteiger partial charge in [-0.1, -0.05) is 24.3 Å². The molecule has 1 aromatic heterocycles. The number of anilines is 1. The Kier molecular flexibility index (Phi) is 3.84. The number of hydrogen-bond acceptors (Lipinski definition) is 4. The molecule has 2 rings (SSSR count). The van der Waals surface area contributed by atoms with Gasteiger partial charge in [0.2, 0.25) is 0 Å². The molecule has 0 aliphatic carbocycles. The highest BCUT2D eigenvalue weighted by Gasteiger charge is 2.04. The van der Waals surface area contributed by atoms with Gasteiger partial charge < -0.3 is 0 Å². The first-order valence-corrected chi connectivity index (χ1v) is 6.13. The predicted octanol–water partition coefficient (Wildman–Crippen LogP) is 0.852. The van der Waals surface area contributed by atoms with Crippen LogP contribution in [-0.4, -0.2) is 22.8 Å². The van der Waals surface area contributed by atoms with Gasteiger partial charge in [-0.2, -0.15) is 5.10 Å². The van der Waals surface area contributed by atoms with Crippen LogP contribution in [0.15, 0.2) is 45.0 Å². The fourth-order valence-corrected chi connectivity index (χ4v) is 1.66. The van der Waals surface area contributed by atoms with Gasteiger partial charge in [0.1, 0.15) is 5.82 Å². The number of hydrazone groups is 1. The molecule has 0 atom stereocenters. The van der Waals surface area contributed by atoms with E-state index in [0.717, 1.165) is 15.7 Å². The maximum absolute atomic E-state index is 11.6. The van der Waals surface area contributed by atoms with Gasteiger partial charge in [0, 0.05) is 20.2 Å². The van der Waals surface area contributed by atoms with Crippen LogP contribution in [0.1, 0.15) is 11.1 Å². The smallest absolute Gasteiger partial charge is 0.292 e. The van der Waals surface area contributed by atoms with E-state index in [1.165, 1.54) is 18.1 Å². The van der Waals surface area contributed by atoms with Crippen LogP contribution in [0.4, 0.5) is 5.82 Å². The lowest BCUT2D eigenvalue weighted by Crippen LogP contribution is -2.33. The first kappa shape index (κ1) is 13.8. The molecule has 0 fully saturated rings. The minimum absolute atomic E-state index is 0.350. The lowest BCUT2D eigenvalue weighted by atomic mass is 10.1. The highest BCUT2D eigenvalue weighted by Crippen LogP contribution is 2.06. The number of aryl methyl sites for hydroxylation is 1. The zero-order valence-electron chi connectivity index (χ0n) is 11.6. The molecule has 1 aromatic carbocycles. The van der Waals surface area contributed by atoms with Crippen molar-refractivity contribution in [2.24, 2.45) is 12.1 Å². The van der Waals surface area contributed by atoms with Crippen LogP contribution in [0.25, 0.3) is 0 Å². The minimum atomic E-state index is -0.467. The van der Waals surface area contributed by atoms with E-state index in [1.54, 1.807) is 13.3 Å². The maximum Gasteiger partial charge on any atom is 0.329 e. The van der Waals surface area contributed by atoms with E-state index in [2.05, 4.69) is 10.1 Å². The molecule has 20 heavy (non-hydrogen) atoms. The Labute approximate surface area is 116 Å². The maximum atomic E-state index is 11.6. The highest BCUT2D eigenvalue weighted by molar-refractivity contribution is 5.82. The molecule has 0 radical (unpaired) electrons. The highest BCUT2D eigenvalue weighted by atomic mass is 16.2. The van der Waals surface area contributed by atoms with E-state index in [9.17, 15) is 9.59 Å². The number of aromatic amines is 1. The second kappa shape index (κ2) is 5.56. The average Bonchev–Trinajstić information content (AvgIpc) is 2.43. The Balaban J connectivity index is 2.29. The first-order chi connectivity index (χ1) is 9.49. The number of nitrogens with one attached hydrogen (secondary N) is 1. The number of benzene rings is 1. The van der Waals surface area contributed by atoms with Crippen molar-refractivity contribution in [1.29, 1.82) is 0 Å². The molecule has 0 bridgehead atoms. The Morgan fingerprint density at radius 1 is 1.30 bits per heavy atom. The summed E-state index contributed by atoms with van der Waals surface area (Å²) in [4.78, 5) is 25.7. The van der Waals surface area contributed by atoms with Crippen molar-refractivity contribution >= 4 is 12.0 Å². The van der Waals surface area contributed by atoms with E-state index in [1.807, 2.05) is 31.2 Å². The van der Waals surface area contributed by atoms with Gasteiger partial charge in [0.15, 0.2) is 0 Å². The summed E-state index contributed by atoms with van der Waals surface area (Å²) in [7, 11) is 3.08. The van der Waals surface area contributed by atoms with Crippen LogP contribution >= 0.6 is 0 Å². The summed E-state index contributed by atoms with van der Waals surface area (Å²) < 4.78 is 1.00. The summed E-state index contributed by atoms with van der Waals surface area (Å²) in [6.07, 6.45) is 1.69. The van der Waals surface area contributed by atoms with Crippen molar-refractivity contribution < 1.29 is 0 Å². The van der Waals surface area contributed by atoms with Crippen LogP contribution < -0.4 is 16.3 Å². The molecule has 0 amide bonds. The number of aromatic nitrogens is 2. The molecular formula is C14H16N4O2. The summed E-state index contributed by atoms with van der Waals surface area (Å²) in [6.45, 7) is 1.99. The van der Waals surface area contributed by atoms with Gasteiger partial charge in [0.25, 0.3) is 5.56 Å². The normalized spacial score (nSPS) is 10.9. The monoisotopic (exact) mass is 272 g/mol. The van der Waals surface area contributed by atoms with Crippen molar-refractivity contribution in [2.45, 2.75) is 6.92 Å². The third-order valence-electron chi connectivity index (χ3n) is 3.04. The van der Waals surface area contributed by atoms with Crippen LogP contribution in [-0.2, 0) is 7.05 Å². The van der Waals surface area contributed by atoms with Crippen molar-refractivity contribution in [2.75, 3.05) is 12.1 Å². The van der Waals surface area contributed by atoms with Crippen LogP contribution in [0, 0.1) is 6.92 Å². The Hall–Kier alpha value is -2.63. The summed E-state index contributed by atoms with van der Waals surface area (Å²) >= 11 is 0. The van der Waals surface area contributed by atoms with Gasteiger partial charge in [-0.05, 0) is 18.1 Å². The van der Waals surface area contributed by atoms with Gasteiger partial charge in [-0.25, -0.2) is 4.79 Å². The van der Waals surface area contributed by atoms with Gasteiger partial charge in [0.05, 0.1) is 6.21 Å². The molecule has 0 spiro atoms. The fourth-order valence-electron chi connectivity index (χ4n) is 1.66. The standard InChI is InChI=1S/C14H16N4O2/c1-10-6-4-5-7-11(10)9-15-18(3)12-8-13(19)17(2)14(20)16-12/h4-9H,1-3H3,(H,16,20)/b15-9-. The minimum Gasteiger partial charge on any atom is -0.292 e. The summed E-state index contributed by atoms with van der Waals surface area (Å²) in [5.74, 6) is 0.350. The fraction of sp³-hybridized carbons (Fsp3) is 0.214. The molecule has 6 heteroatoms. The third kappa shape index (κ3) is 2.85. The van der Waals surface area contributed by atoms with Crippen LogP contribution in [0.5, 0.6) is 0 Å². The Morgan fingerprint density at radius 3 is 2.65 bits per heavy atom. The van der Waals surface area contributed by atoms with E-state index >= 15 is 0 Å². The van der Waals surface area contributed by atoms with Gasteiger partial charge in [-0.3, -0.25) is 19.4 Å². The molecule has 2 aromatic rings. The quantitative estimate of drug-likeness (QED) is 0.665. The molecule has 0 saturated heterocycles. The predicted molar refractivity (Wildman–Crippen MR) is 79.5 cm³/mol. The Morgan fingerprint density at radius 2 is 2.00 bits per heavy atom. The zero-order chi connectivity index (χ0) is 14.7. The molecule has 0 aliphatic rings. The molecule has 1 N–H and O–H groups in total. The molecule has 104 valence electrons. The van der Waals surface area contributed by atoms with E-state index in [4.69, 9.17) is 0 Å². The lowest BCUT2D eigenvalue weighted by molar-refractivity contribution is 0.766. The molecule has 0 unspecified atom stereocenters. The van der Waals surface area contributed by atoms with Crippen LogP contribution in [0.3, 0.4) is 0 Å². The summed E-state index contributed by atoms with van der Waals surface area (Å²) in [5, 5.41) is 5.68. The zero-order valence-corrected chi connectivity index (χ0v) is 11.6. The van der Waals surface area contributed by atoms with Gasteiger partial charge in [-0.15, -0.1) is 0 Å². The van der Waals surface area contributed by atoms with E-state index < -0.39 is 5.69 Å². The van der Waals surface area contributed by atoms with Crippen LogP contribution in [0.2, 0.25) is 0 Å². The second-order valence-corrected chi connectivity index (χ2v) is 4.48. The SMILES string of the molecule is Cc1ccccc1/C=N\N(C)c1cc(=O)n(C)c(=O)[nH]1. The molecular weight excluding hydrogens is 256 g/mol. The number of rotatable bonds is 3. The van der Waals surface area contributed by atoms with Crippen molar-refractivity contribution in [3.05, 3.63) is 62.3 Å². The third-order valence-corrected chi connectivity index (χ3v) is 3.04. The average molecular weight is 272 g/mol. The van der Waals surface area contributed by atoms with E-state index in [0.29, 0.717) is 5.82 Å². The number of H-pyrrole nitrogens is 1. The molecule has 1 heterocycles. The molecule has 0 aliphatic heterocycles. The van der Waals surface area contributed by atoms with E-state index in [-0.39, 0.29) is 5.56 Å². The lowest BCUT2D eigenvalue weighted by Gasteiger charge is -2.12. The van der Waals surface area contributed by atoms with Crippen molar-refractivity contribution in [3.63, 3.8) is 0 Å². The number of nitrogens with zero attached hydrogens (tertiary/aromatic N) is 3. The van der Waals surface area contributed by atoms with Crippen molar-refractivity contribution in [1.82, 2.24) is 9.55 Å². The summed E-state index contributed by atoms with van der Waals surface area (Å²) in [5.41, 5.74) is 1.24. The Bertz CT molecular complexity index is 727. The summed E-state index contributed by atoms with van der Waals surface area (Å²) in [6, 6.07) is 9.14. The first-order valence-electron chi connectivity index (χ1n) is 6.13. The largest absolute Gasteiger partial charge is 0.329 e. The molecule has 0 saturated carbocycles.